The number of benzene rings is 3. The van der Waals surface area contributed by atoms with Crippen molar-refractivity contribution in [3.8, 4) is 0 Å². The van der Waals surface area contributed by atoms with Gasteiger partial charge in [-0.05, 0) is 65.8 Å². The van der Waals surface area contributed by atoms with Crippen molar-refractivity contribution in [1.29, 1.82) is 0 Å². The van der Waals surface area contributed by atoms with Gasteiger partial charge in [-0.2, -0.15) is 0 Å². The van der Waals surface area contributed by atoms with Crippen LogP contribution in [0.25, 0.3) is 0 Å². The van der Waals surface area contributed by atoms with Crippen LogP contribution in [0, 0.1) is 5.92 Å². The summed E-state index contributed by atoms with van der Waals surface area (Å²) < 4.78 is 0. The molecule has 0 atom stereocenters. The molecular formula is C29H33N3O2. The Hall–Kier alpha value is -3.60. The van der Waals surface area contributed by atoms with E-state index in [-0.39, 0.29) is 11.8 Å². The molecule has 1 heterocycles. The van der Waals surface area contributed by atoms with Crippen molar-refractivity contribution < 1.29 is 9.59 Å². The molecule has 0 saturated heterocycles. The Morgan fingerprint density at radius 3 is 2.38 bits per heavy atom. The second-order valence-corrected chi connectivity index (χ2v) is 9.28. The number of carbonyl (C=O) groups is 2. The molecule has 0 aromatic heterocycles. The van der Waals surface area contributed by atoms with Crippen LogP contribution in [0.3, 0.4) is 0 Å². The lowest BCUT2D eigenvalue weighted by molar-refractivity contribution is 0.0948. The first kappa shape index (κ1) is 23.6. The maximum absolute atomic E-state index is 13.2. The minimum absolute atomic E-state index is 0.119. The van der Waals surface area contributed by atoms with Crippen LogP contribution in [-0.2, 0) is 19.4 Å². The minimum Gasteiger partial charge on any atom is -0.366 e. The monoisotopic (exact) mass is 455 g/mol. The number of aryl methyl sites for hydroxylation is 1. The van der Waals surface area contributed by atoms with Crippen molar-refractivity contribution in [2.24, 2.45) is 5.92 Å². The molecule has 2 amide bonds. The molecule has 3 aromatic rings. The fraction of sp³-hybridized carbons (Fsp3) is 0.310. The van der Waals surface area contributed by atoms with Crippen molar-refractivity contribution in [2.75, 3.05) is 23.3 Å². The van der Waals surface area contributed by atoms with Crippen LogP contribution in [0.5, 0.6) is 0 Å². The Labute approximate surface area is 202 Å². The Balaban J connectivity index is 1.60. The molecule has 0 spiro atoms. The zero-order valence-electron chi connectivity index (χ0n) is 20.2. The second-order valence-electron chi connectivity index (χ2n) is 9.28. The van der Waals surface area contributed by atoms with Gasteiger partial charge in [0.05, 0.1) is 5.56 Å². The second kappa shape index (κ2) is 10.6. The zero-order valence-corrected chi connectivity index (χ0v) is 20.2. The number of nitrogens with one attached hydrogen (secondary N) is 2. The quantitative estimate of drug-likeness (QED) is 0.498. The Bertz CT molecular complexity index is 1170. The summed E-state index contributed by atoms with van der Waals surface area (Å²) in [7, 11) is 0. The van der Waals surface area contributed by atoms with Gasteiger partial charge in [0.2, 0.25) is 0 Å². The van der Waals surface area contributed by atoms with Crippen LogP contribution in [0.15, 0.2) is 66.7 Å². The Morgan fingerprint density at radius 1 is 0.941 bits per heavy atom. The Morgan fingerprint density at radius 2 is 1.68 bits per heavy atom. The van der Waals surface area contributed by atoms with E-state index in [1.54, 1.807) is 6.07 Å². The standard InChI is InChI=1S/C29H33N3O2/c1-4-21-9-11-23(12-10-21)28(33)31-25-13-14-27(26(17-25)29(34)30-18-20(2)3)32-16-15-22-7-5-6-8-24(22)19-32/h5-14,17,20H,4,15-16,18-19H2,1-3H3,(H,30,34)(H,31,33). The summed E-state index contributed by atoms with van der Waals surface area (Å²) in [5, 5.41) is 6.01. The molecule has 5 nitrogen and oxygen atoms in total. The molecule has 3 aromatic carbocycles. The molecule has 4 rings (SSSR count). The summed E-state index contributed by atoms with van der Waals surface area (Å²) in [6, 6.07) is 21.7. The normalized spacial score (nSPS) is 12.9. The molecule has 1 aliphatic rings. The highest BCUT2D eigenvalue weighted by Gasteiger charge is 2.22. The highest BCUT2D eigenvalue weighted by Crippen LogP contribution is 2.30. The third-order valence-corrected chi connectivity index (χ3v) is 6.27. The topological polar surface area (TPSA) is 61.4 Å². The zero-order chi connectivity index (χ0) is 24.1. The highest BCUT2D eigenvalue weighted by molar-refractivity contribution is 6.06. The fourth-order valence-corrected chi connectivity index (χ4v) is 4.26. The molecule has 0 unspecified atom stereocenters. The van der Waals surface area contributed by atoms with Crippen LogP contribution in [0.2, 0.25) is 0 Å². The number of hydrogen-bond acceptors (Lipinski definition) is 3. The third kappa shape index (κ3) is 5.48. The van der Waals surface area contributed by atoms with E-state index >= 15 is 0 Å². The van der Waals surface area contributed by atoms with E-state index in [1.807, 2.05) is 36.4 Å². The molecule has 176 valence electrons. The molecule has 34 heavy (non-hydrogen) atoms. The van der Waals surface area contributed by atoms with Crippen molar-refractivity contribution in [3.05, 3.63) is 94.5 Å². The lowest BCUT2D eigenvalue weighted by Crippen LogP contribution is -2.34. The molecule has 0 fully saturated rings. The predicted molar refractivity (Wildman–Crippen MR) is 139 cm³/mol. The number of hydrogen-bond donors (Lipinski definition) is 2. The van der Waals surface area contributed by atoms with Crippen molar-refractivity contribution >= 4 is 23.2 Å². The molecule has 0 radical (unpaired) electrons. The van der Waals surface area contributed by atoms with Crippen molar-refractivity contribution in [2.45, 2.75) is 40.2 Å². The summed E-state index contributed by atoms with van der Waals surface area (Å²) in [6.07, 6.45) is 1.87. The number of carbonyl (C=O) groups excluding carboxylic acids is 2. The molecule has 0 bridgehead atoms. The lowest BCUT2D eigenvalue weighted by atomic mass is 9.98. The van der Waals surface area contributed by atoms with Crippen molar-refractivity contribution in [3.63, 3.8) is 0 Å². The average Bonchev–Trinajstić information content (AvgIpc) is 2.87. The fourth-order valence-electron chi connectivity index (χ4n) is 4.26. The van der Waals surface area contributed by atoms with Gasteiger partial charge in [0.25, 0.3) is 11.8 Å². The van der Waals surface area contributed by atoms with Crippen LogP contribution in [-0.4, -0.2) is 24.9 Å². The lowest BCUT2D eigenvalue weighted by Gasteiger charge is -2.32. The maximum Gasteiger partial charge on any atom is 0.255 e. The first-order valence-electron chi connectivity index (χ1n) is 12.1. The first-order valence-corrected chi connectivity index (χ1v) is 12.1. The summed E-state index contributed by atoms with van der Waals surface area (Å²) in [5.74, 6) is 0.0463. The van der Waals surface area contributed by atoms with Crippen LogP contribution < -0.4 is 15.5 Å². The van der Waals surface area contributed by atoms with E-state index in [0.717, 1.165) is 31.6 Å². The molecule has 0 saturated carbocycles. The molecule has 2 N–H and O–H groups in total. The van der Waals surface area contributed by atoms with Gasteiger partial charge in [-0.1, -0.05) is 57.2 Å². The van der Waals surface area contributed by atoms with Gasteiger partial charge in [-0.25, -0.2) is 0 Å². The van der Waals surface area contributed by atoms with Gasteiger partial charge < -0.3 is 15.5 Å². The number of amides is 2. The summed E-state index contributed by atoms with van der Waals surface area (Å²) >= 11 is 0. The number of nitrogens with zero attached hydrogens (tertiary/aromatic N) is 1. The summed E-state index contributed by atoms with van der Waals surface area (Å²) in [6.45, 7) is 8.43. The molecule has 5 heteroatoms. The van der Waals surface area contributed by atoms with Crippen LogP contribution in [0.4, 0.5) is 11.4 Å². The van der Waals surface area contributed by atoms with Gasteiger partial charge in [-0.3, -0.25) is 9.59 Å². The molecule has 1 aliphatic heterocycles. The van der Waals surface area contributed by atoms with Gasteiger partial charge in [0.15, 0.2) is 0 Å². The number of fused-ring (bicyclic) bond motifs is 1. The third-order valence-electron chi connectivity index (χ3n) is 6.27. The van der Waals surface area contributed by atoms with Gasteiger partial charge in [0, 0.05) is 36.6 Å². The Kier molecular flexibility index (Phi) is 7.31. The van der Waals surface area contributed by atoms with E-state index < -0.39 is 0 Å². The van der Waals surface area contributed by atoms with E-state index in [2.05, 4.69) is 60.6 Å². The minimum atomic E-state index is -0.184. The summed E-state index contributed by atoms with van der Waals surface area (Å²) in [5.41, 5.74) is 6.52. The highest BCUT2D eigenvalue weighted by atomic mass is 16.2. The largest absolute Gasteiger partial charge is 0.366 e. The van der Waals surface area contributed by atoms with E-state index in [1.165, 1.54) is 16.7 Å². The van der Waals surface area contributed by atoms with Gasteiger partial charge >= 0.3 is 0 Å². The smallest absolute Gasteiger partial charge is 0.255 e. The summed E-state index contributed by atoms with van der Waals surface area (Å²) in [4.78, 5) is 28.2. The number of rotatable bonds is 7. The molecule has 0 aliphatic carbocycles. The molecular weight excluding hydrogens is 422 g/mol. The van der Waals surface area contributed by atoms with Crippen molar-refractivity contribution in [1.82, 2.24) is 5.32 Å². The van der Waals surface area contributed by atoms with Crippen LogP contribution in [0.1, 0.15) is 58.2 Å². The number of anilines is 2. The predicted octanol–water partition coefficient (Wildman–Crippen LogP) is 5.45. The maximum atomic E-state index is 13.2. The van der Waals surface area contributed by atoms with E-state index in [0.29, 0.717) is 29.3 Å². The van der Waals surface area contributed by atoms with Gasteiger partial charge in [-0.15, -0.1) is 0 Å². The first-order chi connectivity index (χ1) is 16.4. The SMILES string of the molecule is CCc1ccc(C(=O)Nc2ccc(N3CCc4ccccc4C3)c(C(=O)NCC(C)C)c2)cc1. The average molecular weight is 456 g/mol. The van der Waals surface area contributed by atoms with E-state index in [9.17, 15) is 9.59 Å². The van der Waals surface area contributed by atoms with Crippen LogP contribution >= 0.6 is 0 Å². The van der Waals surface area contributed by atoms with Gasteiger partial charge in [0.1, 0.15) is 0 Å². The van der Waals surface area contributed by atoms with E-state index in [4.69, 9.17) is 0 Å².